The Kier molecular flexibility index (Phi) is 4.29. The van der Waals surface area contributed by atoms with E-state index in [4.69, 9.17) is 5.73 Å². The molecule has 0 saturated heterocycles. The van der Waals surface area contributed by atoms with Crippen LogP contribution in [-0.2, 0) is 11.2 Å². The van der Waals surface area contributed by atoms with Gasteiger partial charge in [-0.3, -0.25) is 4.79 Å². The van der Waals surface area contributed by atoms with Gasteiger partial charge in [0.15, 0.2) is 0 Å². The van der Waals surface area contributed by atoms with Crippen molar-refractivity contribution < 1.29 is 4.79 Å². The molecule has 0 unspecified atom stereocenters. The summed E-state index contributed by atoms with van der Waals surface area (Å²) >= 11 is 0. The van der Waals surface area contributed by atoms with Crippen LogP contribution in [0.5, 0.6) is 0 Å². The molecule has 0 radical (unpaired) electrons. The Morgan fingerprint density at radius 3 is 2.81 bits per heavy atom. The number of benzene rings is 1. The molecule has 5 nitrogen and oxygen atoms in total. The lowest BCUT2D eigenvalue weighted by atomic mass is 9.85. The van der Waals surface area contributed by atoms with Crippen molar-refractivity contribution in [3.05, 3.63) is 48.2 Å². The van der Waals surface area contributed by atoms with Gasteiger partial charge in [-0.15, -0.1) is 0 Å². The first-order valence-corrected chi connectivity index (χ1v) is 9.11. The van der Waals surface area contributed by atoms with Crippen LogP contribution in [0.1, 0.15) is 31.7 Å². The van der Waals surface area contributed by atoms with Crippen LogP contribution in [0.2, 0.25) is 0 Å². The number of nitrogens with one attached hydrogen (secondary N) is 1. The third-order valence-electron chi connectivity index (χ3n) is 5.15. The van der Waals surface area contributed by atoms with Crippen LogP contribution < -0.4 is 11.1 Å². The first kappa shape index (κ1) is 16.5. The molecule has 0 bridgehead atoms. The van der Waals surface area contributed by atoms with Crippen molar-refractivity contribution in [1.82, 2.24) is 9.97 Å². The van der Waals surface area contributed by atoms with Gasteiger partial charge in [0.2, 0.25) is 5.91 Å². The summed E-state index contributed by atoms with van der Waals surface area (Å²) in [6, 6.07) is 12.1. The number of nitrogen functional groups attached to an aromatic ring is 1. The standard InChI is InChI=1S/C21H22N4O/c1-2-13-6-3-4-9-16(13)18-10-15-11-19(23-12-17(15)20(22)24-18)25-21(26)14-7-5-8-14/h3-4,6,9-12,14H,2,5,7-8H2,1H3,(H2,22,24)(H,23,25,26). The number of pyridine rings is 2. The summed E-state index contributed by atoms with van der Waals surface area (Å²) in [5.41, 5.74) is 9.33. The molecule has 4 rings (SSSR count). The monoisotopic (exact) mass is 346 g/mol. The van der Waals surface area contributed by atoms with Gasteiger partial charge in [0.05, 0.1) is 5.69 Å². The summed E-state index contributed by atoms with van der Waals surface area (Å²) in [4.78, 5) is 21.1. The number of anilines is 2. The summed E-state index contributed by atoms with van der Waals surface area (Å²) in [6.45, 7) is 2.13. The van der Waals surface area contributed by atoms with Crippen LogP contribution >= 0.6 is 0 Å². The third-order valence-corrected chi connectivity index (χ3v) is 5.15. The van der Waals surface area contributed by atoms with Gasteiger partial charge in [-0.2, -0.15) is 0 Å². The average molecular weight is 346 g/mol. The molecule has 3 N–H and O–H groups in total. The molecule has 5 heteroatoms. The molecule has 1 aromatic carbocycles. The van der Waals surface area contributed by atoms with Crippen molar-refractivity contribution in [3.63, 3.8) is 0 Å². The second kappa shape index (κ2) is 6.75. The molecule has 1 saturated carbocycles. The number of amides is 1. The average Bonchev–Trinajstić information content (AvgIpc) is 2.59. The van der Waals surface area contributed by atoms with Crippen molar-refractivity contribution >= 4 is 28.3 Å². The molecule has 26 heavy (non-hydrogen) atoms. The predicted molar refractivity (Wildman–Crippen MR) is 105 cm³/mol. The van der Waals surface area contributed by atoms with E-state index >= 15 is 0 Å². The molecule has 2 heterocycles. The Morgan fingerprint density at radius 2 is 2.08 bits per heavy atom. The second-order valence-electron chi connectivity index (χ2n) is 6.81. The Bertz CT molecular complexity index is 979. The summed E-state index contributed by atoms with van der Waals surface area (Å²) in [5, 5.41) is 4.65. The third kappa shape index (κ3) is 3.01. The predicted octanol–water partition coefficient (Wildman–Crippen LogP) is 4.18. The van der Waals surface area contributed by atoms with E-state index in [0.717, 1.165) is 47.7 Å². The molecule has 3 aromatic rings. The van der Waals surface area contributed by atoms with Crippen molar-refractivity contribution in [2.45, 2.75) is 32.6 Å². The van der Waals surface area contributed by atoms with E-state index in [0.29, 0.717) is 11.6 Å². The first-order valence-electron chi connectivity index (χ1n) is 9.11. The lowest BCUT2D eigenvalue weighted by Crippen LogP contribution is -2.28. The van der Waals surface area contributed by atoms with Crippen LogP contribution in [0.3, 0.4) is 0 Å². The van der Waals surface area contributed by atoms with E-state index in [9.17, 15) is 4.79 Å². The number of aromatic nitrogens is 2. The van der Waals surface area contributed by atoms with E-state index in [1.54, 1.807) is 6.20 Å². The lowest BCUT2D eigenvalue weighted by Gasteiger charge is -2.23. The number of fused-ring (bicyclic) bond motifs is 1. The maximum absolute atomic E-state index is 12.2. The Hall–Kier alpha value is -2.95. The maximum atomic E-state index is 12.2. The maximum Gasteiger partial charge on any atom is 0.228 e. The van der Waals surface area contributed by atoms with Crippen LogP contribution in [0, 0.1) is 5.92 Å². The zero-order valence-electron chi connectivity index (χ0n) is 14.8. The van der Waals surface area contributed by atoms with E-state index in [-0.39, 0.29) is 11.8 Å². The highest BCUT2D eigenvalue weighted by molar-refractivity contribution is 5.98. The molecule has 1 amide bonds. The van der Waals surface area contributed by atoms with E-state index < -0.39 is 0 Å². The normalized spacial score (nSPS) is 14.2. The fourth-order valence-electron chi connectivity index (χ4n) is 3.36. The Morgan fingerprint density at radius 1 is 1.27 bits per heavy atom. The van der Waals surface area contributed by atoms with E-state index in [2.05, 4.69) is 34.3 Å². The van der Waals surface area contributed by atoms with Gasteiger partial charge >= 0.3 is 0 Å². The number of rotatable bonds is 4. The molecule has 132 valence electrons. The van der Waals surface area contributed by atoms with E-state index in [1.807, 2.05) is 24.3 Å². The molecule has 0 aliphatic heterocycles. The minimum absolute atomic E-state index is 0.0571. The van der Waals surface area contributed by atoms with Crippen LogP contribution in [-0.4, -0.2) is 15.9 Å². The fourth-order valence-corrected chi connectivity index (χ4v) is 3.36. The fraction of sp³-hybridized carbons (Fsp3) is 0.286. The molecule has 1 aliphatic rings. The summed E-state index contributed by atoms with van der Waals surface area (Å²) in [6.07, 6.45) is 5.67. The molecular weight excluding hydrogens is 324 g/mol. The zero-order valence-corrected chi connectivity index (χ0v) is 14.8. The van der Waals surface area contributed by atoms with E-state index in [1.165, 1.54) is 5.56 Å². The molecular formula is C21H22N4O. The topological polar surface area (TPSA) is 80.9 Å². The van der Waals surface area contributed by atoms with Gasteiger partial charge in [-0.1, -0.05) is 37.6 Å². The van der Waals surface area contributed by atoms with Crippen molar-refractivity contribution in [2.75, 3.05) is 11.1 Å². The van der Waals surface area contributed by atoms with Gasteiger partial charge in [-0.05, 0) is 42.3 Å². The van der Waals surface area contributed by atoms with Crippen molar-refractivity contribution in [1.29, 1.82) is 0 Å². The van der Waals surface area contributed by atoms with Crippen LogP contribution in [0.25, 0.3) is 22.0 Å². The molecule has 0 spiro atoms. The van der Waals surface area contributed by atoms with Gasteiger partial charge in [-0.25, -0.2) is 9.97 Å². The number of nitrogens with zero attached hydrogens (tertiary/aromatic N) is 2. The quantitative estimate of drug-likeness (QED) is 0.742. The smallest absolute Gasteiger partial charge is 0.228 e. The molecule has 1 aliphatic carbocycles. The first-order chi connectivity index (χ1) is 12.7. The number of carbonyl (C=O) groups excluding carboxylic acids is 1. The minimum Gasteiger partial charge on any atom is -0.383 e. The largest absolute Gasteiger partial charge is 0.383 e. The minimum atomic E-state index is 0.0571. The van der Waals surface area contributed by atoms with Gasteiger partial charge in [0.1, 0.15) is 11.6 Å². The zero-order chi connectivity index (χ0) is 18.1. The highest BCUT2D eigenvalue weighted by Crippen LogP contribution is 2.30. The Labute approximate surface area is 152 Å². The van der Waals surface area contributed by atoms with Gasteiger partial charge in [0, 0.05) is 23.1 Å². The number of aryl methyl sites for hydroxylation is 1. The number of hydrogen-bond donors (Lipinski definition) is 2. The van der Waals surface area contributed by atoms with Crippen LogP contribution in [0.4, 0.5) is 11.6 Å². The summed E-state index contributed by atoms with van der Waals surface area (Å²) in [5.74, 6) is 1.20. The SMILES string of the molecule is CCc1ccccc1-c1cc2cc(NC(=O)C3CCC3)ncc2c(N)n1. The highest BCUT2D eigenvalue weighted by atomic mass is 16.2. The summed E-state index contributed by atoms with van der Waals surface area (Å²) < 4.78 is 0. The summed E-state index contributed by atoms with van der Waals surface area (Å²) in [7, 11) is 0. The van der Waals surface area contributed by atoms with Crippen LogP contribution in [0.15, 0.2) is 42.6 Å². The second-order valence-corrected chi connectivity index (χ2v) is 6.81. The van der Waals surface area contributed by atoms with Crippen molar-refractivity contribution in [3.8, 4) is 11.3 Å². The van der Waals surface area contributed by atoms with Gasteiger partial charge < -0.3 is 11.1 Å². The molecule has 1 fully saturated rings. The number of hydrogen-bond acceptors (Lipinski definition) is 4. The van der Waals surface area contributed by atoms with Crippen molar-refractivity contribution in [2.24, 2.45) is 5.92 Å². The lowest BCUT2D eigenvalue weighted by molar-refractivity contribution is -0.122. The van der Waals surface area contributed by atoms with Gasteiger partial charge in [0.25, 0.3) is 0 Å². The molecule has 2 aromatic heterocycles. The number of carbonyl (C=O) groups is 1. The highest BCUT2D eigenvalue weighted by Gasteiger charge is 2.25. The number of nitrogens with two attached hydrogens (primary N) is 1. The molecule has 0 atom stereocenters. The Balaban J connectivity index is 1.73.